The summed E-state index contributed by atoms with van der Waals surface area (Å²) in [4.78, 5) is 86.2. The van der Waals surface area contributed by atoms with E-state index in [0.717, 1.165) is 71.1 Å². The standard InChI is InChI=1S/C56H64N8O7/c1-31(2)47(60-54(68)70-5)52(66)63-25-11-15-45(63)49-57-30-44(59-49)39-21-20-37(35-13-7-8-14-36(35)39)38-19-18-34(41-28-56(29-42(38)41)23-9-10-24-56)33-17-22-43-40(27-33)51(65)62-50(58-43)46-16-12-26-64(46)53(67)48(32(3)4)61-55(69)71-6/h7-8,13-14,17-22,27,30-32,45-48H,9-12,15-16,23-26,28-29H2,1-6H3,(H,57,59)(H,60,68)(H,61,69)(H,58,62,65)/t45-,46-,47-,48-/m0/s1. The number of ether oxygens (including phenoxy) is 2. The zero-order chi connectivity index (χ0) is 49.7. The van der Waals surface area contributed by atoms with Crippen LogP contribution in [0.5, 0.6) is 0 Å². The van der Waals surface area contributed by atoms with Gasteiger partial charge in [0.05, 0.1) is 49.1 Å². The molecule has 2 aliphatic heterocycles. The fourth-order valence-corrected chi connectivity index (χ4v) is 12.2. The molecule has 4 aromatic carbocycles. The summed E-state index contributed by atoms with van der Waals surface area (Å²) >= 11 is 0. The Morgan fingerprint density at radius 1 is 0.662 bits per heavy atom. The van der Waals surface area contributed by atoms with Crippen molar-refractivity contribution in [2.24, 2.45) is 17.3 Å². The minimum Gasteiger partial charge on any atom is -0.453 e. The number of benzene rings is 4. The number of rotatable bonds is 11. The number of alkyl carbamates (subject to hydrolysis) is 2. The van der Waals surface area contributed by atoms with Crippen molar-refractivity contribution in [1.29, 1.82) is 0 Å². The number of hydrogen-bond donors (Lipinski definition) is 4. The van der Waals surface area contributed by atoms with Gasteiger partial charge in [-0.05, 0) is 125 Å². The van der Waals surface area contributed by atoms with Gasteiger partial charge in [0, 0.05) is 18.7 Å². The monoisotopic (exact) mass is 960 g/mol. The second-order valence-corrected chi connectivity index (χ2v) is 20.8. The predicted molar refractivity (Wildman–Crippen MR) is 272 cm³/mol. The van der Waals surface area contributed by atoms with Gasteiger partial charge in [0.2, 0.25) is 11.8 Å². The van der Waals surface area contributed by atoms with Crippen LogP contribution in [0.25, 0.3) is 55.2 Å². The van der Waals surface area contributed by atoms with Crippen LogP contribution >= 0.6 is 0 Å². The summed E-state index contributed by atoms with van der Waals surface area (Å²) < 4.78 is 9.64. The first-order valence-corrected chi connectivity index (χ1v) is 25.3. The van der Waals surface area contributed by atoms with Gasteiger partial charge in [-0.25, -0.2) is 19.6 Å². The average Bonchev–Trinajstić information content (AvgIpc) is 4.25. The smallest absolute Gasteiger partial charge is 0.407 e. The first-order chi connectivity index (χ1) is 34.3. The lowest BCUT2D eigenvalue weighted by atomic mass is 9.82. The molecule has 2 saturated heterocycles. The van der Waals surface area contributed by atoms with Gasteiger partial charge in [0.15, 0.2) is 0 Å². The molecule has 6 aromatic rings. The number of amides is 4. The number of fused-ring (bicyclic) bond motifs is 3. The average molecular weight is 961 g/mol. The third-order valence-electron chi connectivity index (χ3n) is 15.8. The van der Waals surface area contributed by atoms with Crippen LogP contribution in [-0.4, -0.2) is 93.1 Å². The minimum atomic E-state index is -0.776. The van der Waals surface area contributed by atoms with Crippen molar-refractivity contribution >= 4 is 45.7 Å². The van der Waals surface area contributed by atoms with Crippen LogP contribution in [0.15, 0.2) is 77.7 Å². The summed E-state index contributed by atoms with van der Waals surface area (Å²) in [7, 11) is 2.57. The maximum absolute atomic E-state index is 14.1. The highest BCUT2D eigenvalue weighted by Gasteiger charge is 2.43. The van der Waals surface area contributed by atoms with E-state index in [9.17, 15) is 24.0 Å². The van der Waals surface area contributed by atoms with Gasteiger partial charge in [-0.2, -0.15) is 0 Å². The zero-order valence-corrected chi connectivity index (χ0v) is 41.5. The Morgan fingerprint density at radius 3 is 1.82 bits per heavy atom. The van der Waals surface area contributed by atoms with Crippen molar-refractivity contribution in [1.82, 2.24) is 40.4 Å². The number of carbonyl (C=O) groups is 4. The maximum Gasteiger partial charge on any atom is 0.407 e. The summed E-state index contributed by atoms with van der Waals surface area (Å²) in [5.41, 5.74) is 9.61. The molecule has 4 heterocycles. The molecule has 3 fully saturated rings. The number of nitrogens with one attached hydrogen (secondary N) is 4. The summed E-state index contributed by atoms with van der Waals surface area (Å²) in [5, 5.41) is 8.15. The number of carbonyl (C=O) groups excluding carboxylic acids is 4. The molecule has 2 aromatic heterocycles. The molecule has 0 bridgehead atoms. The van der Waals surface area contributed by atoms with Crippen LogP contribution in [0.2, 0.25) is 0 Å². The highest BCUT2D eigenvalue weighted by Crippen LogP contribution is 2.54. The molecule has 10 rings (SSSR count). The largest absolute Gasteiger partial charge is 0.453 e. The highest BCUT2D eigenvalue weighted by molar-refractivity contribution is 6.05. The molecule has 0 unspecified atom stereocenters. The van der Waals surface area contributed by atoms with Crippen molar-refractivity contribution in [2.45, 2.75) is 116 Å². The van der Waals surface area contributed by atoms with E-state index in [-0.39, 0.29) is 40.7 Å². The molecule has 4 amide bonds. The molecule has 4 aliphatic rings. The zero-order valence-electron chi connectivity index (χ0n) is 41.5. The lowest BCUT2D eigenvalue weighted by Gasteiger charge is -2.30. The Labute approximate surface area is 413 Å². The first-order valence-electron chi connectivity index (χ1n) is 25.3. The van der Waals surface area contributed by atoms with Crippen LogP contribution in [0.4, 0.5) is 9.59 Å². The molecule has 15 heteroatoms. The normalized spacial score (nSPS) is 19.2. The van der Waals surface area contributed by atoms with Crippen LogP contribution in [0, 0.1) is 17.3 Å². The van der Waals surface area contributed by atoms with Crippen LogP contribution in [0.1, 0.15) is 114 Å². The number of hydrogen-bond acceptors (Lipinski definition) is 9. The van der Waals surface area contributed by atoms with E-state index in [2.05, 4.69) is 75.2 Å². The number of H-pyrrole nitrogens is 2. The van der Waals surface area contributed by atoms with Crippen molar-refractivity contribution in [2.75, 3.05) is 27.3 Å². The van der Waals surface area contributed by atoms with E-state index in [1.54, 1.807) is 4.90 Å². The lowest BCUT2D eigenvalue weighted by Crippen LogP contribution is -2.51. The molecule has 4 atom stereocenters. The quantitative estimate of drug-likeness (QED) is 0.0979. The third kappa shape index (κ3) is 8.81. The van der Waals surface area contributed by atoms with E-state index < -0.39 is 30.3 Å². The van der Waals surface area contributed by atoms with Crippen LogP contribution in [0.3, 0.4) is 0 Å². The van der Waals surface area contributed by atoms with Gasteiger partial charge in [-0.3, -0.25) is 14.4 Å². The molecule has 15 nitrogen and oxygen atoms in total. The lowest BCUT2D eigenvalue weighted by molar-refractivity contribution is -0.136. The minimum absolute atomic E-state index is 0.128. The number of aromatic amines is 2. The second kappa shape index (κ2) is 19.3. The van der Waals surface area contributed by atoms with Crippen molar-refractivity contribution in [3.63, 3.8) is 0 Å². The molecular formula is C56H64N8O7. The highest BCUT2D eigenvalue weighted by atomic mass is 16.5. The maximum atomic E-state index is 14.1. The molecule has 370 valence electrons. The molecular weight excluding hydrogens is 897 g/mol. The van der Waals surface area contributed by atoms with Crippen molar-refractivity contribution in [3.05, 3.63) is 106 Å². The topological polar surface area (TPSA) is 192 Å². The molecule has 71 heavy (non-hydrogen) atoms. The van der Waals surface area contributed by atoms with E-state index in [4.69, 9.17) is 19.4 Å². The number of likely N-dealkylation sites (tertiary alicyclic amines) is 2. The first kappa shape index (κ1) is 47.6. The number of methoxy groups -OCH3 is 2. The number of imidazole rings is 1. The Kier molecular flexibility index (Phi) is 12.9. The van der Waals surface area contributed by atoms with E-state index in [0.29, 0.717) is 36.2 Å². The summed E-state index contributed by atoms with van der Waals surface area (Å²) in [6.45, 7) is 8.65. The Morgan fingerprint density at radius 2 is 1.21 bits per heavy atom. The third-order valence-corrected chi connectivity index (χ3v) is 15.8. The van der Waals surface area contributed by atoms with Gasteiger partial charge in [0.25, 0.3) is 5.56 Å². The van der Waals surface area contributed by atoms with Gasteiger partial charge in [0.1, 0.15) is 23.7 Å². The Balaban J connectivity index is 0.968. The van der Waals surface area contributed by atoms with Crippen LogP contribution in [-0.2, 0) is 31.9 Å². The van der Waals surface area contributed by atoms with Gasteiger partial charge in [-0.1, -0.05) is 95.1 Å². The van der Waals surface area contributed by atoms with Crippen molar-refractivity contribution in [3.8, 4) is 33.5 Å². The summed E-state index contributed by atoms with van der Waals surface area (Å²) in [5.74, 6) is 0.493. The summed E-state index contributed by atoms with van der Waals surface area (Å²) in [6.07, 6.45) is 10.4. The number of aromatic nitrogens is 4. The van der Waals surface area contributed by atoms with E-state index >= 15 is 0 Å². The van der Waals surface area contributed by atoms with E-state index in [1.165, 1.54) is 62.2 Å². The molecule has 1 spiro atoms. The van der Waals surface area contributed by atoms with Gasteiger partial charge >= 0.3 is 12.2 Å². The molecule has 4 N–H and O–H groups in total. The van der Waals surface area contributed by atoms with Gasteiger partial charge < -0.3 is 39.9 Å². The van der Waals surface area contributed by atoms with Gasteiger partial charge in [-0.15, -0.1) is 0 Å². The molecule has 0 radical (unpaired) electrons. The van der Waals surface area contributed by atoms with Crippen molar-refractivity contribution < 1.29 is 28.7 Å². The molecule has 1 saturated carbocycles. The molecule has 2 aliphatic carbocycles. The summed E-state index contributed by atoms with van der Waals surface area (Å²) in [6, 6.07) is 21.3. The second-order valence-electron chi connectivity index (χ2n) is 20.8. The SMILES string of the molecule is COC(=O)N[C@H](C(=O)N1CCC[C@H]1c1ncc(-c2ccc(-c3ccc(-c4ccc5nc([C@@H]6CCCN6C(=O)[C@@H](NC(=O)OC)C(C)C)[nH]c(=O)c5c4)c4c3CC3(CCCC3)C4)c3ccccc23)[nH]1)C(C)C. The predicted octanol–water partition coefficient (Wildman–Crippen LogP) is 9.55. The van der Waals surface area contributed by atoms with E-state index in [1.807, 2.05) is 50.9 Å². The Hall–Kier alpha value is -7.03. The Bertz CT molecular complexity index is 3110. The van der Waals surface area contributed by atoms with Crippen LogP contribution < -0.4 is 16.2 Å². The fourth-order valence-electron chi connectivity index (χ4n) is 12.2. The fraction of sp³-hybridized carbons (Fsp3) is 0.446. The number of nitrogens with zero attached hydrogens (tertiary/aromatic N) is 4.